The van der Waals surface area contributed by atoms with Crippen molar-refractivity contribution in [3.63, 3.8) is 0 Å². The van der Waals surface area contributed by atoms with Crippen LogP contribution in [0.5, 0.6) is 0 Å². The SMILES string of the molecule is NCc1ccc(NC(=O)[C@H](O)[C@@H](NC(=O)c2ccccc2)c2ccccc2)cc1. The number of hydrogen-bond acceptors (Lipinski definition) is 4. The van der Waals surface area contributed by atoms with Gasteiger partial charge in [0.2, 0.25) is 0 Å². The third-order valence-electron chi connectivity index (χ3n) is 4.52. The predicted octanol–water partition coefficient (Wildman–Crippen LogP) is 2.62. The van der Waals surface area contributed by atoms with Crippen LogP contribution in [0.2, 0.25) is 0 Å². The van der Waals surface area contributed by atoms with Crippen molar-refractivity contribution in [2.45, 2.75) is 18.7 Å². The van der Waals surface area contributed by atoms with Crippen molar-refractivity contribution >= 4 is 17.5 Å². The molecular weight excluding hydrogens is 366 g/mol. The lowest BCUT2D eigenvalue weighted by Gasteiger charge is -2.24. The molecule has 0 bridgehead atoms. The Labute approximate surface area is 169 Å². The van der Waals surface area contributed by atoms with Gasteiger partial charge >= 0.3 is 0 Å². The zero-order valence-electron chi connectivity index (χ0n) is 15.8. The van der Waals surface area contributed by atoms with E-state index in [9.17, 15) is 14.7 Å². The number of aliphatic hydroxyl groups is 1. The maximum Gasteiger partial charge on any atom is 0.255 e. The first-order chi connectivity index (χ1) is 14.1. The van der Waals surface area contributed by atoms with E-state index in [-0.39, 0.29) is 5.91 Å². The highest BCUT2D eigenvalue weighted by atomic mass is 16.3. The van der Waals surface area contributed by atoms with Gasteiger partial charge in [-0.25, -0.2) is 0 Å². The minimum atomic E-state index is -1.49. The van der Waals surface area contributed by atoms with Crippen molar-refractivity contribution in [1.82, 2.24) is 5.32 Å². The molecule has 0 aliphatic heterocycles. The number of rotatable bonds is 7. The molecule has 0 heterocycles. The Bertz CT molecular complexity index is 944. The van der Waals surface area contributed by atoms with Crippen LogP contribution in [0.25, 0.3) is 0 Å². The van der Waals surface area contributed by atoms with E-state index < -0.39 is 18.1 Å². The van der Waals surface area contributed by atoms with E-state index in [2.05, 4.69) is 10.6 Å². The molecular formula is C23H23N3O3. The van der Waals surface area contributed by atoms with Crippen molar-refractivity contribution in [1.29, 1.82) is 0 Å². The Morgan fingerprint density at radius 3 is 2.03 bits per heavy atom. The van der Waals surface area contributed by atoms with Gasteiger partial charge in [-0.15, -0.1) is 0 Å². The lowest BCUT2D eigenvalue weighted by atomic mass is 10.00. The van der Waals surface area contributed by atoms with Gasteiger partial charge in [-0.1, -0.05) is 60.7 Å². The third-order valence-corrected chi connectivity index (χ3v) is 4.52. The van der Waals surface area contributed by atoms with Gasteiger partial charge in [0, 0.05) is 17.8 Å². The molecule has 2 atom stereocenters. The summed E-state index contributed by atoms with van der Waals surface area (Å²) in [5.41, 5.74) is 8.11. The molecule has 3 aromatic carbocycles. The highest BCUT2D eigenvalue weighted by molar-refractivity contribution is 5.97. The molecule has 3 aromatic rings. The van der Waals surface area contributed by atoms with Crippen LogP contribution in [0.4, 0.5) is 5.69 Å². The summed E-state index contributed by atoms with van der Waals surface area (Å²) in [6.45, 7) is 0.401. The van der Waals surface area contributed by atoms with Crippen LogP contribution in [0, 0.1) is 0 Å². The first kappa shape index (κ1) is 20.3. The first-order valence-electron chi connectivity index (χ1n) is 9.27. The van der Waals surface area contributed by atoms with Crippen LogP contribution in [0.3, 0.4) is 0 Å². The molecule has 2 amide bonds. The van der Waals surface area contributed by atoms with Crippen molar-refractivity contribution in [2.24, 2.45) is 5.73 Å². The number of hydrogen-bond donors (Lipinski definition) is 4. The minimum absolute atomic E-state index is 0.376. The molecule has 6 nitrogen and oxygen atoms in total. The number of nitrogens with one attached hydrogen (secondary N) is 2. The molecule has 6 heteroatoms. The summed E-state index contributed by atoms with van der Waals surface area (Å²) in [5, 5.41) is 16.2. The van der Waals surface area contributed by atoms with Crippen molar-refractivity contribution < 1.29 is 14.7 Å². The van der Waals surface area contributed by atoms with E-state index in [1.165, 1.54) is 0 Å². The molecule has 3 rings (SSSR count). The molecule has 0 spiro atoms. The van der Waals surface area contributed by atoms with Crippen LogP contribution >= 0.6 is 0 Å². The topological polar surface area (TPSA) is 104 Å². The van der Waals surface area contributed by atoms with Gasteiger partial charge in [0.05, 0.1) is 6.04 Å². The van der Waals surface area contributed by atoms with Gasteiger partial charge in [0.1, 0.15) is 0 Å². The molecule has 0 aliphatic carbocycles. The van der Waals surface area contributed by atoms with Gasteiger partial charge in [0.25, 0.3) is 11.8 Å². The Balaban J connectivity index is 1.79. The standard InChI is InChI=1S/C23H23N3O3/c24-15-16-11-13-19(14-12-16)25-23(29)21(27)20(17-7-3-1-4-8-17)26-22(28)18-9-5-2-6-10-18/h1-14,20-21,27H,15,24H2,(H,25,29)(H,26,28)/t20-,21+/m0/s1. The average Bonchev–Trinajstić information content (AvgIpc) is 2.78. The lowest BCUT2D eigenvalue weighted by molar-refractivity contribution is -0.125. The van der Waals surface area contributed by atoms with E-state index in [4.69, 9.17) is 5.73 Å². The number of aliphatic hydroxyl groups excluding tert-OH is 1. The molecule has 0 fully saturated rings. The fourth-order valence-electron chi connectivity index (χ4n) is 2.91. The number of nitrogens with two attached hydrogens (primary N) is 1. The van der Waals surface area contributed by atoms with E-state index in [1.54, 1.807) is 72.8 Å². The normalized spacial score (nSPS) is 12.6. The summed E-state index contributed by atoms with van der Waals surface area (Å²) in [7, 11) is 0. The second-order valence-corrected chi connectivity index (χ2v) is 6.56. The molecule has 0 aliphatic rings. The largest absolute Gasteiger partial charge is 0.381 e. The van der Waals surface area contributed by atoms with E-state index in [0.717, 1.165) is 5.56 Å². The zero-order chi connectivity index (χ0) is 20.6. The highest BCUT2D eigenvalue weighted by Crippen LogP contribution is 2.20. The van der Waals surface area contributed by atoms with Crippen LogP contribution in [0.15, 0.2) is 84.9 Å². The quantitative estimate of drug-likeness (QED) is 0.499. The predicted molar refractivity (Wildman–Crippen MR) is 112 cm³/mol. The summed E-state index contributed by atoms with van der Waals surface area (Å²) in [6.07, 6.45) is -1.49. The van der Waals surface area contributed by atoms with Crippen LogP contribution in [0.1, 0.15) is 27.5 Å². The van der Waals surface area contributed by atoms with Gasteiger partial charge in [-0.3, -0.25) is 9.59 Å². The second kappa shape index (κ2) is 9.64. The molecule has 5 N–H and O–H groups in total. The number of amides is 2. The third kappa shape index (κ3) is 5.28. The molecule has 0 unspecified atom stereocenters. The summed E-state index contributed by atoms with van der Waals surface area (Å²) < 4.78 is 0. The molecule has 29 heavy (non-hydrogen) atoms. The number of carbonyl (C=O) groups is 2. The Hall–Kier alpha value is -3.48. The smallest absolute Gasteiger partial charge is 0.255 e. The van der Waals surface area contributed by atoms with Crippen LogP contribution in [-0.2, 0) is 11.3 Å². The van der Waals surface area contributed by atoms with E-state index >= 15 is 0 Å². The number of carbonyl (C=O) groups excluding carboxylic acids is 2. The highest BCUT2D eigenvalue weighted by Gasteiger charge is 2.29. The lowest BCUT2D eigenvalue weighted by Crippen LogP contribution is -2.42. The number of benzene rings is 3. The maximum atomic E-state index is 12.7. The monoisotopic (exact) mass is 389 g/mol. The van der Waals surface area contributed by atoms with Crippen molar-refractivity contribution in [2.75, 3.05) is 5.32 Å². The molecule has 0 radical (unpaired) electrons. The van der Waals surface area contributed by atoms with Crippen LogP contribution in [-0.4, -0.2) is 23.0 Å². The van der Waals surface area contributed by atoms with Gasteiger partial charge in [-0.05, 0) is 35.4 Å². The minimum Gasteiger partial charge on any atom is -0.381 e. The molecule has 0 saturated heterocycles. The molecule has 0 saturated carbocycles. The van der Waals surface area contributed by atoms with Crippen molar-refractivity contribution in [3.8, 4) is 0 Å². The summed E-state index contributed by atoms with van der Waals surface area (Å²) in [6, 6.07) is 23.7. The van der Waals surface area contributed by atoms with Crippen LogP contribution < -0.4 is 16.4 Å². The van der Waals surface area contributed by atoms with Crippen molar-refractivity contribution in [3.05, 3.63) is 102 Å². The Morgan fingerprint density at radius 2 is 1.45 bits per heavy atom. The summed E-state index contributed by atoms with van der Waals surface area (Å²) >= 11 is 0. The first-order valence-corrected chi connectivity index (χ1v) is 9.27. The zero-order valence-corrected chi connectivity index (χ0v) is 15.8. The van der Waals surface area contributed by atoms with E-state index in [1.807, 2.05) is 12.1 Å². The summed E-state index contributed by atoms with van der Waals surface area (Å²) in [4.78, 5) is 25.3. The Kier molecular flexibility index (Phi) is 6.73. The fraction of sp³-hybridized carbons (Fsp3) is 0.130. The fourth-order valence-corrected chi connectivity index (χ4v) is 2.91. The van der Waals surface area contributed by atoms with Gasteiger partial charge in [0.15, 0.2) is 6.10 Å². The molecule has 148 valence electrons. The summed E-state index contributed by atoms with van der Waals surface area (Å²) in [5.74, 6) is -0.994. The number of anilines is 1. The second-order valence-electron chi connectivity index (χ2n) is 6.56. The van der Waals surface area contributed by atoms with Gasteiger partial charge < -0.3 is 21.5 Å². The Morgan fingerprint density at radius 1 is 0.862 bits per heavy atom. The van der Waals surface area contributed by atoms with Gasteiger partial charge in [-0.2, -0.15) is 0 Å². The van der Waals surface area contributed by atoms with E-state index in [0.29, 0.717) is 23.4 Å². The molecule has 0 aromatic heterocycles. The maximum absolute atomic E-state index is 12.7. The average molecular weight is 389 g/mol.